The van der Waals surface area contributed by atoms with Crippen LogP contribution in [0.2, 0.25) is 0 Å². The van der Waals surface area contributed by atoms with E-state index >= 15 is 0 Å². The molecule has 0 radical (unpaired) electrons. The van der Waals surface area contributed by atoms with E-state index in [9.17, 15) is 0 Å². The number of fused-ring (bicyclic) bond motifs is 17. The lowest BCUT2D eigenvalue weighted by atomic mass is 9.70. The summed E-state index contributed by atoms with van der Waals surface area (Å²) in [6, 6.07) is 73.7. The molecule has 0 saturated heterocycles. The molecule has 13 rings (SSSR count). The van der Waals surface area contributed by atoms with Gasteiger partial charge in [0, 0.05) is 5.41 Å². The van der Waals surface area contributed by atoms with Crippen molar-refractivity contribution in [2.75, 3.05) is 0 Å². The predicted octanol–water partition coefficient (Wildman–Crippen LogP) is 15.1. The van der Waals surface area contributed by atoms with Gasteiger partial charge in [-0.25, -0.2) is 0 Å². The Morgan fingerprint density at radius 2 is 0.707 bits per heavy atom. The molecule has 0 nitrogen and oxygen atoms in total. The van der Waals surface area contributed by atoms with Crippen molar-refractivity contribution in [3.63, 3.8) is 0 Å². The summed E-state index contributed by atoms with van der Waals surface area (Å²) in [5.41, 5.74) is 21.0. The summed E-state index contributed by atoms with van der Waals surface area (Å²) in [7, 11) is 0. The zero-order valence-electron chi connectivity index (χ0n) is 32.5. The summed E-state index contributed by atoms with van der Waals surface area (Å²) < 4.78 is 0. The molecule has 0 saturated carbocycles. The molecule has 0 aliphatic heterocycles. The van der Waals surface area contributed by atoms with Gasteiger partial charge >= 0.3 is 0 Å². The van der Waals surface area contributed by atoms with Gasteiger partial charge in [0.25, 0.3) is 0 Å². The van der Waals surface area contributed by atoms with Crippen LogP contribution in [-0.2, 0) is 10.8 Å². The lowest BCUT2D eigenvalue weighted by Gasteiger charge is -2.31. The summed E-state index contributed by atoms with van der Waals surface area (Å²) in [5, 5.41) is 7.74. The molecule has 0 unspecified atom stereocenters. The number of hydrogen-bond donors (Lipinski definition) is 0. The molecule has 0 fully saturated rings. The standard InChI is InChI=1S/C58H38/c1-57(2)48-31-29-36(33-47(48)56-38-16-4-3-15-35(38)28-32-52(56)57)54-43-20-5-7-22-45(43)55(46-23-8-6-21-44(46)54)37-27-30-42-41-19-11-14-26-51(41)58(53(42)34-37)49-24-12-9-17-39(49)40-18-10-13-25-50(40)58/h3-34H,1-2H3. The zero-order valence-corrected chi connectivity index (χ0v) is 32.5. The maximum Gasteiger partial charge on any atom is 0.0725 e. The smallest absolute Gasteiger partial charge is 0.0619 e. The van der Waals surface area contributed by atoms with Crippen LogP contribution < -0.4 is 0 Å². The van der Waals surface area contributed by atoms with Gasteiger partial charge in [-0.1, -0.05) is 196 Å². The first-order chi connectivity index (χ1) is 28.5. The number of benzene rings is 10. The first kappa shape index (κ1) is 32.1. The van der Waals surface area contributed by atoms with Crippen LogP contribution >= 0.6 is 0 Å². The van der Waals surface area contributed by atoms with Gasteiger partial charge in [0.05, 0.1) is 5.41 Å². The SMILES string of the molecule is CC1(C)c2ccc(-c3c4ccccc4c(-c4ccc5c(c4)C4(c6ccccc6-c6ccccc64)c4ccccc4-5)c4ccccc34)cc2-c2c1ccc1ccccc21. The first-order valence-electron chi connectivity index (χ1n) is 20.6. The minimum atomic E-state index is -0.390. The molecule has 0 amide bonds. The van der Waals surface area contributed by atoms with Crippen molar-refractivity contribution in [1.29, 1.82) is 0 Å². The van der Waals surface area contributed by atoms with E-state index in [0.717, 1.165) is 0 Å². The number of hydrogen-bond acceptors (Lipinski definition) is 0. The third-order valence-corrected chi connectivity index (χ3v) is 14.1. The third-order valence-electron chi connectivity index (χ3n) is 14.1. The highest BCUT2D eigenvalue weighted by atomic mass is 14.5. The Morgan fingerprint density at radius 3 is 1.28 bits per heavy atom. The normalized spacial score (nSPS) is 14.7. The van der Waals surface area contributed by atoms with Crippen molar-refractivity contribution < 1.29 is 0 Å². The molecule has 0 heterocycles. The van der Waals surface area contributed by atoms with E-state index in [4.69, 9.17) is 0 Å². The molecule has 0 aromatic heterocycles. The van der Waals surface area contributed by atoms with Crippen LogP contribution in [0.4, 0.5) is 0 Å². The molecule has 10 aromatic rings. The van der Waals surface area contributed by atoms with E-state index in [2.05, 4.69) is 208 Å². The minimum absolute atomic E-state index is 0.0772. The molecule has 0 N–H and O–H groups in total. The lowest BCUT2D eigenvalue weighted by molar-refractivity contribution is 0.661. The van der Waals surface area contributed by atoms with Gasteiger partial charge in [0.2, 0.25) is 0 Å². The van der Waals surface area contributed by atoms with Crippen molar-refractivity contribution in [2.45, 2.75) is 24.7 Å². The van der Waals surface area contributed by atoms with Crippen molar-refractivity contribution >= 4 is 32.3 Å². The Hall–Kier alpha value is -7.02. The molecule has 3 aliphatic carbocycles. The molecule has 58 heavy (non-hydrogen) atoms. The van der Waals surface area contributed by atoms with Crippen LogP contribution in [0.1, 0.15) is 47.2 Å². The van der Waals surface area contributed by atoms with Crippen LogP contribution in [0.15, 0.2) is 194 Å². The van der Waals surface area contributed by atoms with Gasteiger partial charge in [-0.05, 0) is 133 Å². The Morgan fingerprint density at radius 1 is 0.276 bits per heavy atom. The second-order valence-corrected chi connectivity index (χ2v) is 17.1. The van der Waals surface area contributed by atoms with Crippen LogP contribution in [0.25, 0.3) is 88.0 Å². The topological polar surface area (TPSA) is 0 Å². The van der Waals surface area contributed by atoms with E-state index in [0.29, 0.717) is 0 Å². The quantitative estimate of drug-likeness (QED) is 0.155. The highest BCUT2D eigenvalue weighted by Crippen LogP contribution is 2.63. The molecule has 0 bridgehead atoms. The van der Waals surface area contributed by atoms with E-state index in [1.807, 2.05) is 0 Å². The van der Waals surface area contributed by atoms with Gasteiger partial charge in [0.15, 0.2) is 0 Å². The predicted molar refractivity (Wildman–Crippen MR) is 244 cm³/mol. The van der Waals surface area contributed by atoms with Crippen LogP contribution in [0.3, 0.4) is 0 Å². The fourth-order valence-corrected chi connectivity index (χ4v) is 11.7. The number of rotatable bonds is 2. The molecule has 0 atom stereocenters. The van der Waals surface area contributed by atoms with Crippen molar-refractivity contribution in [3.05, 3.63) is 228 Å². The maximum atomic E-state index is 2.54. The summed E-state index contributed by atoms with van der Waals surface area (Å²) in [5.74, 6) is 0. The van der Waals surface area contributed by atoms with E-state index < -0.39 is 0 Å². The van der Waals surface area contributed by atoms with Gasteiger partial charge in [0.1, 0.15) is 0 Å². The van der Waals surface area contributed by atoms with Crippen molar-refractivity contribution in [2.24, 2.45) is 0 Å². The largest absolute Gasteiger partial charge is 0.0725 e. The summed E-state index contributed by atoms with van der Waals surface area (Å²) in [6.45, 7) is 4.77. The zero-order chi connectivity index (χ0) is 38.3. The molecular weight excluding hydrogens is 697 g/mol. The van der Waals surface area contributed by atoms with Crippen LogP contribution in [0.5, 0.6) is 0 Å². The van der Waals surface area contributed by atoms with Gasteiger partial charge in [-0.2, -0.15) is 0 Å². The summed E-state index contributed by atoms with van der Waals surface area (Å²) in [6.07, 6.45) is 0. The van der Waals surface area contributed by atoms with Crippen LogP contribution in [-0.4, -0.2) is 0 Å². The Kier molecular flexibility index (Phi) is 6.26. The van der Waals surface area contributed by atoms with Crippen LogP contribution in [0, 0.1) is 0 Å². The van der Waals surface area contributed by atoms with E-state index in [1.165, 1.54) is 121 Å². The van der Waals surface area contributed by atoms with Gasteiger partial charge < -0.3 is 0 Å². The highest BCUT2D eigenvalue weighted by Gasteiger charge is 2.51. The first-order valence-corrected chi connectivity index (χ1v) is 20.6. The lowest BCUT2D eigenvalue weighted by Crippen LogP contribution is -2.25. The maximum absolute atomic E-state index is 2.54. The van der Waals surface area contributed by atoms with Crippen molar-refractivity contribution in [1.82, 2.24) is 0 Å². The average molecular weight is 735 g/mol. The second-order valence-electron chi connectivity index (χ2n) is 17.1. The van der Waals surface area contributed by atoms with Crippen molar-refractivity contribution in [3.8, 4) is 55.6 Å². The Balaban J connectivity index is 1.08. The third kappa shape index (κ3) is 3.90. The average Bonchev–Trinajstić information content (AvgIpc) is 3.83. The molecule has 270 valence electrons. The molecule has 3 aliphatic rings. The fourth-order valence-electron chi connectivity index (χ4n) is 11.7. The Bertz CT molecular complexity index is 3310. The second kappa shape index (κ2) is 11.3. The molecular formula is C58H38. The van der Waals surface area contributed by atoms with E-state index in [1.54, 1.807) is 0 Å². The molecule has 10 aromatic carbocycles. The van der Waals surface area contributed by atoms with Gasteiger partial charge in [-0.15, -0.1) is 0 Å². The fraction of sp³-hybridized carbons (Fsp3) is 0.0690. The molecule has 0 heteroatoms. The highest BCUT2D eigenvalue weighted by molar-refractivity contribution is 6.22. The summed E-state index contributed by atoms with van der Waals surface area (Å²) in [4.78, 5) is 0. The van der Waals surface area contributed by atoms with Gasteiger partial charge in [-0.3, -0.25) is 0 Å². The monoisotopic (exact) mass is 734 g/mol. The minimum Gasteiger partial charge on any atom is -0.0619 e. The summed E-state index contributed by atoms with van der Waals surface area (Å²) >= 11 is 0. The molecule has 1 spiro atoms. The Labute approximate surface area is 338 Å². The van der Waals surface area contributed by atoms with E-state index in [-0.39, 0.29) is 10.8 Å².